The molecule has 2 aliphatic rings. The number of pyridine rings is 1. The summed E-state index contributed by atoms with van der Waals surface area (Å²) in [6.45, 7) is 7.52. The number of hydrogen-bond donors (Lipinski definition) is 1. The van der Waals surface area contributed by atoms with Gasteiger partial charge in [-0.3, -0.25) is 4.90 Å². The van der Waals surface area contributed by atoms with Crippen LogP contribution in [0.25, 0.3) is 0 Å². The highest BCUT2D eigenvalue weighted by Gasteiger charge is 2.29. The van der Waals surface area contributed by atoms with E-state index in [1.54, 1.807) is 0 Å². The van der Waals surface area contributed by atoms with Crippen LogP contribution in [-0.4, -0.2) is 55.7 Å². The van der Waals surface area contributed by atoms with Crippen molar-refractivity contribution in [2.24, 2.45) is 0 Å². The van der Waals surface area contributed by atoms with Crippen LogP contribution in [0.5, 0.6) is 0 Å². The Balaban J connectivity index is 1.35. The summed E-state index contributed by atoms with van der Waals surface area (Å²) < 4.78 is 0. The van der Waals surface area contributed by atoms with Crippen molar-refractivity contribution >= 4 is 17.5 Å². The second-order valence-electron chi connectivity index (χ2n) is 7.54. The number of anilines is 2. The molecule has 3 heterocycles. The number of carbonyl (C=O) groups excluding carboxylic acids is 1. The SMILES string of the molecule is CC1CN(C(=O)NCc2ccc(N3CCN(C)CC3)nc2)c2ccccc21. The van der Waals surface area contributed by atoms with Gasteiger partial charge in [-0.1, -0.05) is 31.2 Å². The minimum Gasteiger partial charge on any atom is -0.354 e. The first-order valence-electron chi connectivity index (χ1n) is 9.64. The summed E-state index contributed by atoms with van der Waals surface area (Å²) in [4.78, 5) is 23.7. The zero-order chi connectivity index (χ0) is 18.8. The maximum atomic E-state index is 12.7. The molecule has 6 heteroatoms. The summed E-state index contributed by atoms with van der Waals surface area (Å²) in [6, 6.07) is 12.2. The lowest BCUT2D eigenvalue weighted by Gasteiger charge is -2.33. The Labute approximate surface area is 160 Å². The summed E-state index contributed by atoms with van der Waals surface area (Å²) >= 11 is 0. The van der Waals surface area contributed by atoms with Crippen LogP contribution in [0.4, 0.5) is 16.3 Å². The lowest BCUT2D eigenvalue weighted by molar-refractivity contribution is 0.246. The average molecular weight is 365 g/mol. The molecule has 1 saturated heterocycles. The topological polar surface area (TPSA) is 51.7 Å². The third-order valence-corrected chi connectivity index (χ3v) is 5.54. The van der Waals surface area contributed by atoms with Crippen LogP contribution in [0.15, 0.2) is 42.6 Å². The zero-order valence-corrected chi connectivity index (χ0v) is 16.1. The Morgan fingerprint density at radius 2 is 1.93 bits per heavy atom. The number of para-hydroxylation sites is 1. The molecular formula is C21H27N5O. The maximum absolute atomic E-state index is 12.7. The first-order valence-corrected chi connectivity index (χ1v) is 9.64. The quantitative estimate of drug-likeness (QED) is 0.909. The molecule has 27 heavy (non-hydrogen) atoms. The smallest absolute Gasteiger partial charge is 0.322 e. The first kappa shape index (κ1) is 17.8. The number of benzene rings is 1. The Kier molecular flexibility index (Phi) is 4.99. The van der Waals surface area contributed by atoms with Crippen LogP contribution in [0.1, 0.15) is 24.0 Å². The van der Waals surface area contributed by atoms with Gasteiger partial charge < -0.3 is 15.1 Å². The van der Waals surface area contributed by atoms with Gasteiger partial charge in [0.25, 0.3) is 0 Å². The Bertz CT molecular complexity index is 798. The van der Waals surface area contributed by atoms with Gasteiger partial charge in [0, 0.05) is 57.1 Å². The third kappa shape index (κ3) is 3.76. The number of carbonyl (C=O) groups is 1. The number of nitrogens with one attached hydrogen (secondary N) is 1. The molecule has 1 fully saturated rings. The fraction of sp³-hybridized carbons (Fsp3) is 0.429. The number of urea groups is 1. The minimum absolute atomic E-state index is 0.0463. The number of piperazine rings is 1. The van der Waals surface area contributed by atoms with E-state index in [0.717, 1.165) is 49.8 Å². The van der Waals surface area contributed by atoms with Crippen molar-refractivity contribution < 1.29 is 4.79 Å². The second-order valence-corrected chi connectivity index (χ2v) is 7.54. The number of amides is 2. The predicted molar refractivity (Wildman–Crippen MR) is 108 cm³/mol. The monoisotopic (exact) mass is 365 g/mol. The number of hydrogen-bond acceptors (Lipinski definition) is 4. The van der Waals surface area contributed by atoms with Crippen molar-refractivity contribution in [3.63, 3.8) is 0 Å². The van der Waals surface area contributed by atoms with E-state index in [4.69, 9.17) is 0 Å². The molecule has 2 aliphatic heterocycles. The van der Waals surface area contributed by atoms with Gasteiger partial charge in [-0.25, -0.2) is 9.78 Å². The van der Waals surface area contributed by atoms with Gasteiger partial charge >= 0.3 is 6.03 Å². The van der Waals surface area contributed by atoms with E-state index in [1.807, 2.05) is 29.3 Å². The van der Waals surface area contributed by atoms with Crippen LogP contribution in [0.2, 0.25) is 0 Å². The standard InChI is InChI=1S/C21H27N5O/c1-16-15-26(19-6-4-3-5-18(16)19)21(27)23-14-17-7-8-20(22-13-17)25-11-9-24(2)10-12-25/h3-8,13,16H,9-12,14-15H2,1-2H3,(H,23,27). The van der Waals surface area contributed by atoms with Gasteiger partial charge in [0.15, 0.2) is 0 Å². The van der Waals surface area contributed by atoms with Crippen LogP contribution >= 0.6 is 0 Å². The lowest BCUT2D eigenvalue weighted by atomic mass is 10.0. The van der Waals surface area contributed by atoms with Gasteiger partial charge in [-0.2, -0.15) is 0 Å². The molecule has 0 radical (unpaired) electrons. The maximum Gasteiger partial charge on any atom is 0.322 e. The third-order valence-electron chi connectivity index (χ3n) is 5.54. The van der Waals surface area contributed by atoms with Crippen molar-refractivity contribution in [2.45, 2.75) is 19.4 Å². The number of aromatic nitrogens is 1. The van der Waals surface area contributed by atoms with E-state index in [0.29, 0.717) is 12.5 Å². The van der Waals surface area contributed by atoms with E-state index in [1.165, 1.54) is 5.56 Å². The van der Waals surface area contributed by atoms with Gasteiger partial charge in [0.05, 0.1) is 0 Å². The summed E-state index contributed by atoms with van der Waals surface area (Å²) in [5.74, 6) is 1.39. The number of fused-ring (bicyclic) bond motifs is 1. The molecule has 1 unspecified atom stereocenters. The Morgan fingerprint density at radius 1 is 1.15 bits per heavy atom. The number of nitrogens with zero attached hydrogens (tertiary/aromatic N) is 4. The highest BCUT2D eigenvalue weighted by atomic mass is 16.2. The Morgan fingerprint density at radius 3 is 2.67 bits per heavy atom. The molecule has 0 bridgehead atoms. The van der Waals surface area contributed by atoms with Gasteiger partial charge in [0.2, 0.25) is 0 Å². The molecule has 0 spiro atoms. The molecule has 4 rings (SSSR count). The molecule has 2 aromatic rings. The molecule has 1 N–H and O–H groups in total. The van der Waals surface area contributed by atoms with Crippen molar-refractivity contribution in [3.8, 4) is 0 Å². The normalized spacial score (nSPS) is 19.9. The van der Waals surface area contributed by atoms with Crippen molar-refractivity contribution in [3.05, 3.63) is 53.7 Å². The van der Waals surface area contributed by atoms with Crippen LogP contribution in [0.3, 0.4) is 0 Å². The van der Waals surface area contributed by atoms with Gasteiger partial charge in [0.1, 0.15) is 5.82 Å². The largest absolute Gasteiger partial charge is 0.354 e. The molecule has 0 aliphatic carbocycles. The van der Waals surface area contributed by atoms with Crippen molar-refractivity contribution in [1.82, 2.24) is 15.2 Å². The van der Waals surface area contributed by atoms with E-state index >= 15 is 0 Å². The van der Waals surface area contributed by atoms with E-state index in [-0.39, 0.29) is 6.03 Å². The molecule has 1 aromatic heterocycles. The summed E-state index contributed by atoms with van der Waals surface area (Å²) in [5, 5.41) is 3.03. The number of likely N-dealkylation sites (N-methyl/N-ethyl adjacent to an activating group) is 1. The summed E-state index contributed by atoms with van der Waals surface area (Å²) in [7, 11) is 2.15. The fourth-order valence-electron chi connectivity index (χ4n) is 3.83. The minimum atomic E-state index is -0.0463. The van der Waals surface area contributed by atoms with E-state index in [9.17, 15) is 4.79 Å². The molecule has 142 valence electrons. The Hall–Kier alpha value is -2.60. The molecule has 6 nitrogen and oxygen atoms in total. The molecule has 1 aromatic carbocycles. The van der Waals surface area contributed by atoms with Crippen LogP contribution in [-0.2, 0) is 6.54 Å². The highest BCUT2D eigenvalue weighted by Crippen LogP contribution is 2.35. The van der Waals surface area contributed by atoms with E-state index < -0.39 is 0 Å². The van der Waals surface area contributed by atoms with Crippen molar-refractivity contribution in [2.75, 3.05) is 49.6 Å². The average Bonchev–Trinajstić information content (AvgIpc) is 3.04. The predicted octanol–water partition coefficient (Wildman–Crippen LogP) is 2.67. The summed E-state index contributed by atoms with van der Waals surface area (Å²) in [5.41, 5.74) is 3.28. The molecule has 0 saturated carbocycles. The molecule has 2 amide bonds. The van der Waals surface area contributed by atoms with Gasteiger partial charge in [-0.05, 0) is 30.3 Å². The highest BCUT2D eigenvalue weighted by molar-refractivity contribution is 5.94. The lowest BCUT2D eigenvalue weighted by Crippen LogP contribution is -2.44. The van der Waals surface area contributed by atoms with Crippen LogP contribution < -0.4 is 15.1 Å². The molecule has 1 atom stereocenters. The first-order chi connectivity index (χ1) is 13.1. The summed E-state index contributed by atoms with van der Waals surface area (Å²) in [6.07, 6.45) is 1.87. The molecular weight excluding hydrogens is 338 g/mol. The zero-order valence-electron chi connectivity index (χ0n) is 16.1. The second kappa shape index (κ2) is 7.56. The number of rotatable bonds is 3. The van der Waals surface area contributed by atoms with Crippen LogP contribution in [0, 0.1) is 0 Å². The van der Waals surface area contributed by atoms with Gasteiger partial charge in [-0.15, -0.1) is 0 Å². The van der Waals surface area contributed by atoms with Crippen molar-refractivity contribution in [1.29, 1.82) is 0 Å². The fourth-order valence-corrected chi connectivity index (χ4v) is 3.83. The van der Waals surface area contributed by atoms with E-state index in [2.05, 4.69) is 52.3 Å².